The van der Waals surface area contributed by atoms with Gasteiger partial charge in [0.15, 0.2) is 0 Å². The fourth-order valence-corrected chi connectivity index (χ4v) is 2.65. The summed E-state index contributed by atoms with van der Waals surface area (Å²) in [5.41, 5.74) is 1.37. The summed E-state index contributed by atoms with van der Waals surface area (Å²) >= 11 is 0. The van der Waals surface area contributed by atoms with Gasteiger partial charge in [-0.1, -0.05) is 31.0 Å². The van der Waals surface area contributed by atoms with Crippen molar-refractivity contribution in [3.63, 3.8) is 0 Å². The van der Waals surface area contributed by atoms with E-state index in [4.69, 9.17) is 0 Å². The zero-order chi connectivity index (χ0) is 13.0. The van der Waals surface area contributed by atoms with Gasteiger partial charge in [0.05, 0.1) is 5.56 Å². The van der Waals surface area contributed by atoms with Crippen molar-refractivity contribution >= 4 is 5.97 Å². The molecular weight excluding hydrogens is 226 g/mol. The molecule has 1 aliphatic rings. The lowest BCUT2D eigenvalue weighted by Gasteiger charge is -2.27. The lowest BCUT2D eigenvalue weighted by atomic mass is 10.1. The number of benzene rings is 1. The van der Waals surface area contributed by atoms with Gasteiger partial charge in [-0.05, 0) is 37.9 Å². The first-order valence-electron chi connectivity index (χ1n) is 6.73. The van der Waals surface area contributed by atoms with Crippen molar-refractivity contribution in [1.29, 1.82) is 0 Å². The molecule has 3 heteroatoms. The summed E-state index contributed by atoms with van der Waals surface area (Å²) in [6.45, 7) is 4.08. The van der Waals surface area contributed by atoms with E-state index in [1.165, 1.54) is 25.7 Å². The van der Waals surface area contributed by atoms with Gasteiger partial charge in [-0.25, -0.2) is 4.79 Å². The zero-order valence-corrected chi connectivity index (χ0v) is 10.9. The SMILES string of the molecule is CC1CCCCCN1Cc1ccccc1C(=O)O. The molecule has 1 heterocycles. The van der Waals surface area contributed by atoms with Gasteiger partial charge < -0.3 is 5.11 Å². The summed E-state index contributed by atoms with van der Waals surface area (Å²) in [6, 6.07) is 7.89. The van der Waals surface area contributed by atoms with Crippen LogP contribution in [0.25, 0.3) is 0 Å². The molecule has 1 N–H and O–H groups in total. The topological polar surface area (TPSA) is 40.5 Å². The number of rotatable bonds is 3. The minimum absolute atomic E-state index is 0.439. The standard InChI is InChI=1S/C15H21NO2/c1-12-7-3-2-6-10-16(12)11-13-8-4-5-9-14(13)15(17)18/h4-5,8-9,12H,2-3,6-7,10-11H2,1H3,(H,17,18). The van der Waals surface area contributed by atoms with E-state index in [0.29, 0.717) is 11.6 Å². The molecule has 98 valence electrons. The molecule has 0 amide bonds. The van der Waals surface area contributed by atoms with E-state index in [1.54, 1.807) is 12.1 Å². The number of likely N-dealkylation sites (tertiary alicyclic amines) is 1. The first kappa shape index (κ1) is 13.1. The van der Waals surface area contributed by atoms with E-state index < -0.39 is 5.97 Å². The maximum absolute atomic E-state index is 11.2. The van der Waals surface area contributed by atoms with Crippen LogP contribution < -0.4 is 0 Å². The molecule has 1 fully saturated rings. The zero-order valence-electron chi connectivity index (χ0n) is 10.9. The second-order valence-corrected chi connectivity index (χ2v) is 5.13. The minimum atomic E-state index is -0.826. The molecule has 0 radical (unpaired) electrons. The molecule has 1 aromatic carbocycles. The van der Waals surface area contributed by atoms with E-state index in [0.717, 1.165) is 18.7 Å². The molecular formula is C15H21NO2. The molecule has 1 aliphatic heterocycles. The van der Waals surface area contributed by atoms with Crippen LogP contribution >= 0.6 is 0 Å². The van der Waals surface area contributed by atoms with Crippen LogP contribution in [0.1, 0.15) is 48.5 Å². The summed E-state index contributed by atoms with van der Waals surface area (Å²) in [7, 11) is 0. The Kier molecular flexibility index (Phi) is 4.37. The smallest absolute Gasteiger partial charge is 0.336 e. The van der Waals surface area contributed by atoms with Crippen molar-refractivity contribution in [1.82, 2.24) is 4.90 Å². The van der Waals surface area contributed by atoms with Crippen LogP contribution in [0.2, 0.25) is 0 Å². The third kappa shape index (κ3) is 3.10. The van der Waals surface area contributed by atoms with Crippen LogP contribution in [0.4, 0.5) is 0 Å². The van der Waals surface area contributed by atoms with Crippen molar-refractivity contribution in [3.8, 4) is 0 Å². The van der Waals surface area contributed by atoms with E-state index in [1.807, 2.05) is 12.1 Å². The average Bonchev–Trinajstić information content (AvgIpc) is 2.55. The highest BCUT2D eigenvalue weighted by Crippen LogP contribution is 2.20. The van der Waals surface area contributed by atoms with Crippen LogP contribution in [0.5, 0.6) is 0 Å². The Morgan fingerprint density at radius 2 is 2.11 bits per heavy atom. The summed E-state index contributed by atoms with van der Waals surface area (Å²) in [5.74, 6) is -0.826. The summed E-state index contributed by atoms with van der Waals surface area (Å²) < 4.78 is 0. The van der Waals surface area contributed by atoms with Crippen LogP contribution in [0, 0.1) is 0 Å². The Morgan fingerprint density at radius 1 is 1.33 bits per heavy atom. The Bertz CT molecular complexity index is 417. The van der Waals surface area contributed by atoms with Gasteiger partial charge in [0.2, 0.25) is 0 Å². The minimum Gasteiger partial charge on any atom is -0.478 e. The molecule has 3 nitrogen and oxygen atoms in total. The molecule has 1 atom stereocenters. The highest BCUT2D eigenvalue weighted by Gasteiger charge is 2.19. The van der Waals surface area contributed by atoms with Gasteiger partial charge in [0, 0.05) is 12.6 Å². The number of hydrogen-bond donors (Lipinski definition) is 1. The van der Waals surface area contributed by atoms with Gasteiger partial charge >= 0.3 is 5.97 Å². The number of aromatic carboxylic acids is 1. The molecule has 1 unspecified atom stereocenters. The monoisotopic (exact) mass is 247 g/mol. The van der Waals surface area contributed by atoms with Gasteiger partial charge in [-0.15, -0.1) is 0 Å². The maximum atomic E-state index is 11.2. The summed E-state index contributed by atoms with van der Waals surface area (Å²) in [6.07, 6.45) is 5.02. The second-order valence-electron chi connectivity index (χ2n) is 5.13. The molecule has 18 heavy (non-hydrogen) atoms. The fraction of sp³-hybridized carbons (Fsp3) is 0.533. The van der Waals surface area contributed by atoms with Gasteiger partial charge in [-0.2, -0.15) is 0 Å². The molecule has 0 saturated carbocycles. The van der Waals surface area contributed by atoms with Crippen LogP contribution in [-0.2, 0) is 6.54 Å². The number of carboxylic acids is 1. The normalized spacial score (nSPS) is 21.5. The summed E-state index contributed by atoms with van der Waals surface area (Å²) in [5, 5.41) is 9.20. The van der Waals surface area contributed by atoms with E-state index in [9.17, 15) is 9.90 Å². The lowest BCUT2D eigenvalue weighted by Crippen LogP contribution is -2.32. The van der Waals surface area contributed by atoms with Crippen LogP contribution in [0.15, 0.2) is 24.3 Å². The third-order valence-corrected chi connectivity index (χ3v) is 3.81. The number of nitrogens with zero attached hydrogens (tertiary/aromatic N) is 1. The summed E-state index contributed by atoms with van der Waals surface area (Å²) in [4.78, 5) is 13.6. The van der Waals surface area contributed by atoms with Gasteiger partial charge in [0.1, 0.15) is 0 Å². The first-order valence-corrected chi connectivity index (χ1v) is 6.73. The molecule has 0 aliphatic carbocycles. The first-order chi connectivity index (χ1) is 8.68. The van der Waals surface area contributed by atoms with Crippen molar-refractivity contribution in [2.45, 2.75) is 45.2 Å². The molecule has 0 spiro atoms. The quantitative estimate of drug-likeness (QED) is 0.892. The molecule has 0 aromatic heterocycles. The fourth-order valence-electron chi connectivity index (χ4n) is 2.65. The maximum Gasteiger partial charge on any atom is 0.336 e. The number of carboxylic acid groups (broad SMARTS) is 1. The van der Waals surface area contributed by atoms with Crippen LogP contribution in [-0.4, -0.2) is 28.6 Å². The van der Waals surface area contributed by atoms with Gasteiger partial charge in [-0.3, -0.25) is 4.90 Å². The molecule has 1 saturated heterocycles. The molecule has 1 aromatic rings. The highest BCUT2D eigenvalue weighted by molar-refractivity contribution is 5.89. The largest absolute Gasteiger partial charge is 0.478 e. The number of hydrogen-bond acceptors (Lipinski definition) is 2. The predicted molar refractivity (Wildman–Crippen MR) is 71.7 cm³/mol. The second kappa shape index (κ2) is 6.01. The van der Waals surface area contributed by atoms with E-state index >= 15 is 0 Å². The molecule has 0 bridgehead atoms. The number of carbonyl (C=O) groups is 1. The van der Waals surface area contributed by atoms with Crippen molar-refractivity contribution in [2.24, 2.45) is 0 Å². The van der Waals surface area contributed by atoms with Crippen LogP contribution in [0.3, 0.4) is 0 Å². The van der Waals surface area contributed by atoms with Gasteiger partial charge in [0.25, 0.3) is 0 Å². The molecule has 2 rings (SSSR count). The highest BCUT2D eigenvalue weighted by atomic mass is 16.4. The Balaban J connectivity index is 2.14. The Labute approximate surface area is 108 Å². The lowest BCUT2D eigenvalue weighted by molar-refractivity contribution is 0.0693. The van der Waals surface area contributed by atoms with Crippen molar-refractivity contribution in [3.05, 3.63) is 35.4 Å². The Morgan fingerprint density at radius 3 is 2.89 bits per heavy atom. The Hall–Kier alpha value is -1.35. The third-order valence-electron chi connectivity index (χ3n) is 3.81. The van der Waals surface area contributed by atoms with Crippen molar-refractivity contribution < 1.29 is 9.90 Å². The van der Waals surface area contributed by atoms with E-state index in [-0.39, 0.29) is 0 Å². The van der Waals surface area contributed by atoms with E-state index in [2.05, 4.69) is 11.8 Å². The average molecular weight is 247 g/mol. The predicted octanol–water partition coefficient (Wildman–Crippen LogP) is 3.15. The van der Waals surface area contributed by atoms with Crippen molar-refractivity contribution in [2.75, 3.05) is 6.54 Å².